The summed E-state index contributed by atoms with van der Waals surface area (Å²) in [6.45, 7) is 3.38. The van der Waals surface area contributed by atoms with Crippen molar-refractivity contribution in [2.75, 3.05) is 38.7 Å². The van der Waals surface area contributed by atoms with E-state index in [0.717, 1.165) is 36.1 Å². The van der Waals surface area contributed by atoms with Gasteiger partial charge in [-0.2, -0.15) is 0 Å². The molecule has 0 aromatic carbocycles. The number of anilines is 1. The largest absolute Gasteiger partial charge is 0.462 e. The summed E-state index contributed by atoms with van der Waals surface area (Å²) in [5.41, 5.74) is 1.52. The average molecular weight is 394 g/mol. The Morgan fingerprint density at radius 2 is 2.07 bits per heavy atom. The van der Waals surface area contributed by atoms with Gasteiger partial charge in [-0.1, -0.05) is 0 Å². The molecule has 0 bridgehead atoms. The van der Waals surface area contributed by atoms with Crippen molar-refractivity contribution >= 4 is 34.1 Å². The van der Waals surface area contributed by atoms with Crippen LogP contribution in [0.1, 0.15) is 47.0 Å². The second kappa shape index (κ2) is 8.84. The fourth-order valence-corrected chi connectivity index (χ4v) is 4.93. The molecule has 27 heavy (non-hydrogen) atoms. The Balaban J connectivity index is 1.75. The minimum Gasteiger partial charge on any atom is -0.462 e. The van der Waals surface area contributed by atoms with Crippen LogP contribution in [0, 0.1) is 5.92 Å². The van der Waals surface area contributed by atoms with Crippen LogP contribution in [0.5, 0.6) is 0 Å². The fraction of sp³-hybridized carbons (Fsp3) is 0.632. The second-order valence-corrected chi connectivity index (χ2v) is 7.96. The van der Waals surface area contributed by atoms with Crippen molar-refractivity contribution in [2.24, 2.45) is 5.92 Å². The maximum Gasteiger partial charge on any atom is 0.341 e. The van der Waals surface area contributed by atoms with Crippen molar-refractivity contribution in [1.29, 1.82) is 0 Å². The maximum atomic E-state index is 12.8. The lowest BCUT2D eigenvalue weighted by molar-refractivity contribution is -0.128. The SMILES string of the molecule is CCOC(=O)c1c(NC(=O)C2CC(=O)N(CCOC)C2)sc2c1CCCC2. The molecule has 1 saturated heterocycles. The fourth-order valence-electron chi connectivity index (χ4n) is 3.65. The highest BCUT2D eigenvalue weighted by molar-refractivity contribution is 7.17. The Kier molecular flexibility index (Phi) is 6.49. The summed E-state index contributed by atoms with van der Waals surface area (Å²) in [4.78, 5) is 40.1. The van der Waals surface area contributed by atoms with Crippen molar-refractivity contribution in [2.45, 2.75) is 39.0 Å². The molecule has 1 aromatic heterocycles. The topological polar surface area (TPSA) is 84.9 Å². The summed E-state index contributed by atoms with van der Waals surface area (Å²) in [5, 5.41) is 3.48. The number of likely N-dealkylation sites (tertiary alicyclic amines) is 1. The standard InChI is InChI=1S/C19H26N2O5S/c1-3-26-19(24)16-13-6-4-5-7-14(13)27-18(16)20-17(23)12-10-15(22)21(11-12)8-9-25-2/h12H,3-11H2,1-2H3,(H,20,23). The van der Waals surface area contributed by atoms with Gasteiger partial charge in [-0.15, -0.1) is 11.3 Å². The summed E-state index contributed by atoms with van der Waals surface area (Å²) in [6.07, 6.45) is 4.08. The van der Waals surface area contributed by atoms with E-state index in [1.807, 2.05) is 0 Å². The Hall–Kier alpha value is -1.93. The minimum atomic E-state index is -0.413. The number of methoxy groups -OCH3 is 1. The number of hydrogen-bond acceptors (Lipinski definition) is 6. The third-order valence-corrected chi connectivity index (χ3v) is 6.25. The number of thiophene rings is 1. The van der Waals surface area contributed by atoms with E-state index >= 15 is 0 Å². The third kappa shape index (κ3) is 4.32. The number of carbonyl (C=O) groups is 3. The third-order valence-electron chi connectivity index (χ3n) is 5.04. The van der Waals surface area contributed by atoms with Crippen LogP contribution < -0.4 is 5.32 Å². The molecule has 1 aliphatic heterocycles. The summed E-state index contributed by atoms with van der Waals surface area (Å²) < 4.78 is 10.2. The van der Waals surface area contributed by atoms with Gasteiger partial charge in [-0.3, -0.25) is 9.59 Å². The van der Waals surface area contributed by atoms with Crippen LogP contribution in [0.25, 0.3) is 0 Å². The van der Waals surface area contributed by atoms with Gasteiger partial charge in [0.2, 0.25) is 11.8 Å². The zero-order valence-corrected chi connectivity index (χ0v) is 16.7. The van der Waals surface area contributed by atoms with Crippen molar-refractivity contribution in [3.8, 4) is 0 Å². The molecule has 3 rings (SSSR count). The van der Waals surface area contributed by atoms with Gasteiger partial charge in [-0.25, -0.2) is 4.79 Å². The zero-order chi connectivity index (χ0) is 19.4. The van der Waals surface area contributed by atoms with Crippen LogP contribution in [-0.4, -0.2) is 56.1 Å². The van der Waals surface area contributed by atoms with Crippen LogP contribution in [0.15, 0.2) is 0 Å². The van der Waals surface area contributed by atoms with Crippen LogP contribution in [0.4, 0.5) is 5.00 Å². The first-order chi connectivity index (χ1) is 13.0. The highest BCUT2D eigenvalue weighted by atomic mass is 32.1. The molecule has 0 radical (unpaired) electrons. The monoisotopic (exact) mass is 394 g/mol. The van der Waals surface area contributed by atoms with Gasteiger partial charge in [0.05, 0.1) is 24.7 Å². The molecule has 8 heteroatoms. The molecule has 0 spiro atoms. The van der Waals surface area contributed by atoms with Gasteiger partial charge >= 0.3 is 5.97 Å². The number of nitrogens with one attached hydrogen (secondary N) is 1. The normalized spacial score (nSPS) is 19.1. The summed E-state index contributed by atoms with van der Waals surface area (Å²) in [7, 11) is 1.58. The van der Waals surface area contributed by atoms with Gasteiger partial charge < -0.3 is 19.7 Å². The van der Waals surface area contributed by atoms with Gasteiger partial charge in [0, 0.05) is 31.5 Å². The predicted octanol–water partition coefficient (Wildman–Crippen LogP) is 2.24. The summed E-state index contributed by atoms with van der Waals surface area (Å²) in [6, 6.07) is 0. The first-order valence-corrected chi connectivity index (χ1v) is 10.3. The molecular weight excluding hydrogens is 368 g/mol. The molecule has 1 unspecified atom stereocenters. The van der Waals surface area contributed by atoms with Crippen molar-refractivity contribution in [1.82, 2.24) is 4.90 Å². The average Bonchev–Trinajstić information content (AvgIpc) is 3.20. The van der Waals surface area contributed by atoms with Gasteiger partial charge in [0.25, 0.3) is 0 Å². The van der Waals surface area contributed by atoms with Crippen molar-refractivity contribution in [3.05, 3.63) is 16.0 Å². The number of carbonyl (C=O) groups excluding carboxylic acids is 3. The highest BCUT2D eigenvalue weighted by Gasteiger charge is 2.35. The lowest BCUT2D eigenvalue weighted by atomic mass is 9.95. The maximum absolute atomic E-state index is 12.8. The van der Waals surface area contributed by atoms with Gasteiger partial charge in [-0.05, 0) is 38.2 Å². The van der Waals surface area contributed by atoms with Crippen LogP contribution in [0.3, 0.4) is 0 Å². The number of nitrogens with zero attached hydrogens (tertiary/aromatic N) is 1. The number of rotatable bonds is 7. The molecule has 1 aromatic rings. The van der Waals surface area contributed by atoms with Gasteiger partial charge in [0.1, 0.15) is 5.00 Å². The lowest BCUT2D eigenvalue weighted by Crippen LogP contribution is -2.31. The lowest BCUT2D eigenvalue weighted by Gasteiger charge is -2.16. The molecule has 1 aliphatic carbocycles. The van der Waals surface area contributed by atoms with E-state index in [1.54, 1.807) is 18.9 Å². The Labute approximate surface area is 163 Å². The van der Waals surface area contributed by atoms with Crippen molar-refractivity contribution in [3.63, 3.8) is 0 Å². The number of amides is 2. The molecule has 2 amide bonds. The van der Waals surface area contributed by atoms with E-state index in [-0.39, 0.29) is 24.2 Å². The molecule has 1 fully saturated rings. The van der Waals surface area contributed by atoms with E-state index in [0.29, 0.717) is 36.9 Å². The van der Waals surface area contributed by atoms with E-state index in [1.165, 1.54) is 11.3 Å². The number of esters is 1. The smallest absolute Gasteiger partial charge is 0.341 e. The predicted molar refractivity (Wildman–Crippen MR) is 102 cm³/mol. The molecule has 1 atom stereocenters. The van der Waals surface area contributed by atoms with E-state index < -0.39 is 5.92 Å². The zero-order valence-electron chi connectivity index (χ0n) is 15.8. The molecule has 148 valence electrons. The quantitative estimate of drug-likeness (QED) is 0.717. The van der Waals surface area contributed by atoms with Gasteiger partial charge in [0.15, 0.2) is 0 Å². The Bertz CT molecular complexity index is 730. The summed E-state index contributed by atoms with van der Waals surface area (Å²) >= 11 is 1.47. The van der Waals surface area contributed by atoms with Crippen molar-refractivity contribution < 1.29 is 23.9 Å². The molecule has 0 saturated carbocycles. The van der Waals surface area contributed by atoms with E-state index in [4.69, 9.17) is 9.47 Å². The molecule has 2 aliphatic rings. The van der Waals surface area contributed by atoms with Crippen LogP contribution >= 0.6 is 11.3 Å². The number of fused-ring (bicyclic) bond motifs is 1. The summed E-state index contributed by atoms with van der Waals surface area (Å²) in [5.74, 6) is -1.05. The van der Waals surface area contributed by atoms with Crippen LogP contribution in [0.2, 0.25) is 0 Å². The molecule has 2 heterocycles. The Morgan fingerprint density at radius 1 is 1.30 bits per heavy atom. The number of aryl methyl sites for hydroxylation is 1. The number of hydrogen-bond donors (Lipinski definition) is 1. The first-order valence-electron chi connectivity index (χ1n) is 9.44. The Morgan fingerprint density at radius 3 is 2.81 bits per heavy atom. The molecule has 1 N–H and O–H groups in total. The highest BCUT2D eigenvalue weighted by Crippen LogP contribution is 2.39. The van der Waals surface area contributed by atoms with E-state index in [2.05, 4.69) is 5.32 Å². The minimum absolute atomic E-state index is 0.0386. The molecule has 7 nitrogen and oxygen atoms in total. The molecular formula is C19H26N2O5S. The first kappa shape index (κ1) is 19.8. The van der Waals surface area contributed by atoms with Crippen LogP contribution in [-0.2, 0) is 31.9 Å². The number of ether oxygens (including phenoxy) is 2. The second-order valence-electron chi connectivity index (χ2n) is 6.86. The van der Waals surface area contributed by atoms with E-state index in [9.17, 15) is 14.4 Å².